The Morgan fingerprint density at radius 1 is 1.19 bits per heavy atom. The van der Waals surface area contributed by atoms with Crippen LogP contribution < -0.4 is 10.5 Å². The fourth-order valence-corrected chi connectivity index (χ4v) is 2.68. The molecule has 1 aromatic heterocycles. The Kier molecular flexibility index (Phi) is 4.31. The molecule has 0 spiro atoms. The highest BCUT2D eigenvalue weighted by molar-refractivity contribution is 7.92. The van der Waals surface area contributed by atoms with Crippen LogP contribution in [0.1, 0.15) is 10.4 Å². The standard InChI is InChI=1S/C11H8Cl2N4O3S/c12-8-2-1-6(10(14)18)3-9(8)17-21(19,20)7-4-15-11(13)16-5-7/h1-5,17H,(H2,14,18). The third kappa shape index (κ3) is 3.60. The number of nitrogens with zero attached hydrogens (tertiary/aromatic N) is 2. The molecule has 1 aromatic carbocycles. The Hall–Kier alpha value is -1.90. The molecule has 1 amide bonds. The lowest BCUT2D eigenvalue weighted by Gasteiger charge is -2.10. The molecular weight excluding hydrogens is 339 g/mol. The number of carbonyl (C=O) groups is 1. The molecule has 0 saturated carbocycles. The number of nitrogens with one attached hydrogen (secondary N) is 1. The molecule has 2 aromatic rings. The quantitative estimate of drug-likeness (QED) is 0.817. The molecular formula is C11H8Cl2N4O3S. The normalized spacial score (nSPS) is 11.1. The first kappa shape index (κ1) is 15.5. The number of amides is 1. The lowest BCUT2D eigenvalue weighted by Crippen LogP contribution is -2.16. The van der Waals surface area contributed by atoms with Crippen molar-refractivity contribution in [3.05, 3.63) is 46.5 Å². The van der Waals surface area contributed by atoms with Gasteiger partial charge in [0.2, 0.25) is 11.2 Å². The third-order valence-corrected chi connectivity index (χ3v) is 4.25. The van der Waals surface area contributed by atoms with E-state index in [-0.39, 0.29) is 26.5 Å². The molecule has 3 N–H and O–H groups in total. The Labute approximate surface area is 130 Å². The smallest absolute Gasteiger partial charge is 0.265 e. The molecule has 2 rings (SSSR count). The topological polar surface area (TPSA) is 115 Å². The van der Waals surface area contributed by atoms with Crippen LogP contribution in [-0.2, 0) is 10.0 Å². The average Bonchev–Trinajstić information content (AvgIpc) is 2.41. The zero-order valence-corrected chi connectivity index (χ0v) is 12.6. The molecule has 0 radical (unpaired) electrons. The fraction of sp³-hybridized carbons (Fsp3) is 0. The van der Waals surface area contributed by atoms with E-state index in [9.17, 15) is 13.2 Å². The zero-order chi connectivity index (χ0) is 15.6. The van der Waals surface area contributed by atoms with Crippen molar-refractivity contribution in [1.29, 1.82) is 0 Å². The van der Waals surface area contributed by atoms with Gasteiger partial charge in [-0.2, -0.15) is 0 Å². The maximum Gasteiger partial charge on any atom is 0.265 e. The van der Waals surface area contributed by atoms with Crippen LogP contribution >= 0.6 is 23.2 Å². The van der Waals surface area contributed by atoms with Crippen LogP contribution in [0.2, 0.25) is 10.3 Å². The molecule has 110 valence electrons. The number of rotatable bonds is 4. The van der Waals surface area contributed by atoms with Gasteiger partial charge in [0.25, 0.3) is 10.0 Å². The Balaban J connectivity index is 2.38. The van der Waals surface area contributed by atoms with E-state index in [1.54, 1.807) is 0 Å². The van der Waals surface area contributed by atoms with Gasteiger partial charge in [-0.3, -0.25) is 9.52 Å². The predicted octanol–water partition coefficient (Wildman–Crippen LogP) is 1.68. The van der Waals surface area contributed by atoms with Gasteiger partial charge in [0.15, 0.2) is 0 Å². The highest BCUT2D eigenvalue weighted by atomic mass is 35.5. The summed E-state index contributed by atoms with van der Waals surface area (Å²) in [6.45, 7) is 0. The summed E-state index contributed by atoms with van der Waals surface area (Å²) in [6, 6.07) is 3.98. The lowest BCUT2D eigenvalue weighted by molar-refractivity contribution is 0.100. The first-order valence-electron chi connectivity index (χ1n) is 5.39. The van der Waals surface area contributed by atoms with Crippen molar-refractivity contribution in [2.75, 3.05) is 4.72 Å². The highest BCUT2D eigenvalue weighted by Gasteiger charge is 2.17. The SMILES string of the molecule is NC(=O)c1ccc(Cl)c(NS(=O)(=O)c2cnc(Cl)nc2)c1. The molecule has 0 unspecified atom stereocenters. The first-order valence-corrected chi connectivity index (χ1v) is 7.63. The van der Waals surface area contributed by atoms with Crippen LogP contribution in [0.4, 0.5) is 5.69 Å². The van der Waals surface area contributed by atoms with Crippen LogP contribution in [0.25, 0.3) is 0 Å². The lowest BCUT2D eigenvalue weighted by atomic mass is 10.2. The molecule has 0 aliphatic carbocycles. The summed E-state index contributed by atoms with van der Waals surface area (Å²) < 4.78 is 26.5. The van der Waals surface area contributed by atoms with Crippen molar-refractivity contribution in [3.63, 3.8) is 0 Å². The second-order valence-corrected chi connectivity index (χ2v) is 6.28. The average molecular weight is 347 g/mol. The third-order valence-electron chi connectivity index (χ3n) is 2.40. The molecule has 0 fully saturated rings. The van der Waals surface area contributed by atoms with E-state index in [2.05, 4.69) is 14.7 Å². The number of nitrogens with two attached hydrogens (primary N) is 1. The van der Waals surface area contributed by atoms with E-state index in [4.69, 9.17) is 28.9 Å². The molecule has 0 aliphatic heterocycles. The molecule has 1 heterocycles. The van der Waals surface area contributed by atoms with Gasteiger partial charge >= 0.3 is 0 Å². The van der Waals surface area contributed by atoms with Crippen molar-refractivity contribution in [2.24, 2.45) is 5.73 Å². The van der Waals surface area contributed by atoms with Crippen molar-refractivity contribution in [2.45, 2.75) is 4.90 Å². The van der Waals surface area contributed by atoms with Gasteiger partial charge in [-0.15, -0.1) is 0 Å². The Morgan fingerprint density at radius 2 is 1.81 bits per heavy atom. The number of benzene rings is 1. The second kappa shape index (κ2) is 5.84. The predicted molar refractivity (Wildman–Crippen MR) is 77.8 cm³/mol. The minimum absolute atomic E-state index is 0.0166. The number of hydrogen-bond acceptors (Lipinski definition) is 5. The van der Waals surface area contributed by atoms with Gasteiger partial charge in [-0.05, 0) is 29.8 Å². The molecule has 0 aliphatic rings. The molecule has 0 saturated heterocycles. The molecule has 0 atom stereocenters. The van der Waals surface area contributed by atoms with Gasteiger partial charge < -0.3 is 5.73 Å². The summed E-state index contributed by atoms with van der Waals surface area (Å²) in [5.41, 5.74) is 5.26. The van der Waals surface area contributed by atoms with Gasteiger partial charge in [0, 0.05) is 5.56 Å². The number of aromatic nitrogens is 2. The number of carbonyl (C=O) groups excluding carboxylic acids is 1. The summed E-state index contributed by atoms with van der Waals surface area (Å²) in [5, 5.41) is 0.0289. The highest BCUT2D eigenvalue weighted by Crippen LogP contribution is 2.25. The zero-order valence-electron chi connectivity index (χ0n) is 10.2. The van der Waals surface area contributed by atoms with Crippen molar-refractivity contribution < 1.29 is 13.2 Å². The number of primary amides is 1. The number of anilines is 1. The number of halogens is 2. The summed E-state index contributed by atoms with van der Waals surface area (Å²) in [5.74, 6) is -0.707. The van der Waals surface area contributed by atoms with E-state index >= 15 is 0 Å². The summed E-state index contributed by atoms with van der Waals surface area (Å²) in [6.07, 6.45) is 2.09. The van der Waals surface area contributed by atoms with Crippen LogP contribution in [-0.4, -0.2) is 24.3 Å². The van der Waals surface area contributed by atoms with Gasteiger partial charge in [0.1, 0.15) is 4.90 Å². The second-order valence-electron chi connectivity index (χ2n) is 3.85. The van der Waals surface area contributed by atoms with Crippen molar-refractivity contribution in [3.8, 4) is 0 Å². The van der Waals surface area contributed by atoms with Gasteiger partial charge in [0.05, 0.1) is 23.1 Å². The minimum Gasteiger partial charge on any atom is -0.366 e. The van der Waals surface area contributed by atoms with Crippen LogP contribution in [0, 0.1) is 0 Å². The monoisotopic (exact) mass is 346 g/mol. The van der Waals surface area contributed by atoms with E-state index in [0.29, 0.717) is 0 Å². The van der Waals surface area contributed by atoms with Crippen LogP contribution in [0.15, 0.2) is 35.5 Å². The molecule has 0 bridgehead atoms. The van der Waals surface area contributed by atoms with Crippen LogP contribution in [0.3, 0.4) is 0 Å². The van der Waals surface area contributed by atoms with E-state index in [1.807, 2.05) is 0 Å². The maximum atomic E-state index is 12.1. The number of hydrogen-bond donors (Lipinski definition) is 2. The number of sulfonamides is 1. The van der Waals surface area contributed by atoms with E-state index < -0.39 is 15.9 Å². The molecule has 10 heteroatoms. The van der Waals surface area contributed by atoms with Crippen molar-refractivity contribution in [1.82, 2.24) is 9.97 Å². The van der Waals surface area contributed by atoms with E-state index in [0.717, 1.165) is 12.4 Å². The summed E-state index contributed by atoms with van der Waals surface area (Å²) in [7, 11) is -3.97. The minimum atomic E-state index is -3.97. The first-order chi connectivity index (χ1) is 9.79. The van der Waals surface area contributed by atoms with E-state index in [1.165, 1.54) is 18.2 Å². The Morgan fingerprint density at radius 3 is 2.38 bits per heavy atom. The molecule has 21 heavy (non-hydrogen) atoms. The largest absolute Gasteiger partial charge is 0.366 e. The fourth-order valence-electron chi connectivity index (χ4n) is 1.40. The maximum absolute atomic E-state index is 12.1. The summed E-state index contributed by atoms with van der Waals surface area (Å²) >= 11 is 11.4. The Bertz CT molecular complexity index is 794. The van der Waals surface area contributed by atoms with Gasteiger partial charge in [-0.25, -0.2) is 18.4 Å². The van der Waals surface area contributed by atoms with Gasteiger partial charge in [-0.1, -0.05) is 11.6 Å². The summed E-state index contributed by atoms with van der Waals surface area (Å²) in [4.78, 5) is 18.1. The van der Waals surface area contributed by atoms with Crippen molar-refractivity contribution >= 4 is 44.8 Å². The molecule has 7 nitrogen and oxygen atoms in total. The van der Waals surface area contributed by atoms with Crippen LogP contribution in [0.5, 0.6) is 0 Å².